The molecule has 35 heavy (non-hydrogen) atoms. The second-order valence-corrected chi connectivity index (χ2v) is 9.31. The molecule has 7 heteroatoms. The van der Waals surface area contributed by atoms with Crippen molar-refractivity contribution in [1.82, 2.24) is 14.5 Å². The number of para-hydroxylation sites is 2. The van der Waals surface area contributed by atoms with Crippen molar-refractivity contribution < 1.29 is 9.53 Å². The quantitative estimate of drug-likeness (QED) is 0.330. The SMILES string of the molecule is O=C(Nc1nc2ccccc2n1CCN1CCCCC1)c1cccc(COc2ccc(Cl)cc2)c1. The molecule has 0 atom stereocenters. The number of carbonyl (C=O) groups excluding carboxylic acids is 1. The predicted octanol–water partition coefficient (Wildman–Crippen LogP) is 6.01. The zero-order valence-corrected chi connectivity index (χ0v) is 20.4. The van der Waals surface area contributed by atoms with E-state index in [0.29, 0.717) is 23.1 Å². The summed E-state index contributed by atoms with van der Waals surface area (Å²) < 4.78 is 7.96. The second-order valence-electron chi connectivity index (χ2n) is 8.88. The Bertz CT molecular complexity index is 1300. The number of hydrogen-bond donors (Lipinski definition) is 1. The largest absolute Gasteiger partial charge is 0.489 e. The molecule has 1 amide bonds. The first-order valence-electron chi connectivity index (χ1n) is 12.1. The molecule has 1 saturated heterocycles. The minimum absolute atomic E-state index is 0.187. The highest BCUT2D eigenvalue weighted by Crippen LogP contribution is 2.22. The topological polar surface area (TPSA) is 59.4 Å². The van der Waals surface area contributed by atoms with Crippen LogP contribution in [0.25, 0.3) is 11.0 Å². The van der Waals surface area contributed by atoms with Gasteiger partial charge in [-0.3, -0.25) is 10.1 Å². The highest BCUT2D eigenvalue weighted by atomic mass is 35.5. The summed E-state index contributed by atoms with van der Waals surface area (Å²) in [4.78, 5) is 20.4. The molecule has 5 rings (SSSR count). The third-order valence-electron chi connectivity index (χ3n) is 6.38. The van der Waals surface area contributed by atoms with Crippen molar-refractivity contribution >= 4 is 34.5 Å². The molecule has 1 N–H and O–H groups in total. The van der Waals surface area contributed by atoms with Gasteiger partial charge in [0.15, 0.2) is 0 Å². The van der Waals surface area contributed by atoms with E-state index in [2.05, 4.69) is 20.9 Å². The van der Waals surface area contributed by atoms with Gasteiger partial charge in [0.1, 0.15) is 12.4 Å². The third kappa shape index (κ3) is 5.84. The summed E-state index contributed by atoms with van der Waals surface area (Å²) in [5, 5.41) is 3.71. The maximum atomic E-state index is 13.2. The minimum Gasteiger partial charge on any atom is -0.489 e. The monoisotopic (exact) mass is 488 g/mol. The maximum absolute atomic E-state index is 13.2. The summed E-state index contributed by atoms with van der Waals surface area (Å²) in [6, 6.07) is 22.7. The van der Waals surface area contributed by atoms with Gasteiger partial charge < -0.3 is 14.2 Å². The Kier molecular flexibility index (Phi) is 7.31. The molecule has 0 radical (unpaired) electrons. The molecule has 180 valence electrons. The number of amides is 1. The normalized spacial score (nSPS) is 14.2. The van der Waals surface area contributed by atoms with Crippen LogP contribution < -0.4 is 10.1 Å². The van der Waals surface area contributed by atoms with E-state index >= 15 is 0 Å². The highest BCUT2D eigenvalue weighted by molar-refractivity contribution is 6.30. The summed E-state index contributed by atoms with van der Waals surface area (Å²) in [5.41, 5.74) is 3.39. The van der Waals surface area contributed by atoms with Gasteiger partial charge in [0, 0.05) is 23.7 Å². The van der Waals surface area contributed by atoms with Crippen molar-refractivity contribution in [3.05, 3.63) is 88.9 Å². The second kappa shape index (κ2) is 10.9. The molecule has 1 fully saturated rings. The van der Waals surface area contributed by atoms with Crippen molar-refractivity contribution in [3.8, 4) is 5.75 Å². The van der Waals surface area contributed by atoms with Gasteiger partial charge >= 0.3 is 0 Å². The molecule has 1 aliphatic rings. The first kappa shape index (κ1) is 23.4. The van der Waals surface area contributed by atoms with Gasteiger partial charge in [-0.15, -0.1) is 0 Å². The maximum Gasteiger partial charge on any atom is 0.257 e. The van der Waals surface area contributed by atoms with Crippen LogP contribution in [0.1, 0.15) is 35.2 Å². The van der Waals surface area contributed by atoms with Crippen LogP contribution in [0.3, 0.4) is 0 Å². The fraction of sp³-hybridized carbons (Fsp3) is 0.286. The number of ether oxygens (including phenoxy) is 1. The van der Waals surface area contributed by atoms with E-state index in [4.69, 9.17) is 21.3 Å². The highest BCUT2D eigenvalue weighted by Gasteiger charge is 2.17. The van der Waals surface area contributed by atoms with Gasteiger partial charge in [0.05, 0.1) is 11.0 Å². The first-order chi connectivity index (χ1) is 17.2. The number of fused-ring (bicyclic) bond motifs is 1. The van der Waals surface area contributed by atoms with Crippen molar-refractivity contribution in [2.75, 3.05) is 25.0 Å². The van der Waals surface area contributed by atoms with E-state index in [1.54, 1.807) is 12.1 Å². The number of halogens is 1. The van der Waals surface area contributed by atoms with Crippen LogP contribution in [-0.4, -0.2) is 40.0 Å². The summed E-state index contributed by atoms with van der Waals surface area (Å²) in [6.07, 6.45) is 3.83. The molecular formula is C28H29ClN4O2. The number of likely N-dealkylation sites (tertiary alicyclic amines) is 1. The lowest BCUT2D eigenvalue weighted by Crippen LogP contribution is -2.32. The molecule has 2 heterocycles. The fourth-order valence-corrected chi connectivity index (χ4v) is 4.62. The fourth-order valence-electron chi connectivity index (χ4n) is 4.50. The molecule has 1 aliphatic heterocycles. The van der Waals surface area contributed by atoms with Crippen LogP contribution in [0, 0.1) is 0 Å². The van der Waals surface area contributed by atoms with E-state index in [9.17, 15) is 4.79 Å². The minimum atomic E-state index is -0.187. The van der Waals surface area contributed by atoms with E-state index in [0.717, 1.165) is 48.5 Å². The number of hydrogen-bond acceptors (Lipinski definition) is 4. The van der Waals surface area contributed by atoms with Gasteiger partial charge in [-0.25, -0.2) is 4.98 Å². The lowest BCUT2D eigenvalue weighted by molar-refractivity contribution is 0.102. The number of carbonyl (C=O) groups is 1. The van der Waals surface area contributed by atoms with Crippen LogP contribution in [0.2, 0.25) is 5.02 Å². The van der Waals surface area contributed by atoms with Crippen molar-refractivity contribution in [3.63, 3.8) is 0 Å². The smallest absolute Gasteiger partial charge is 0.257 e. The van der Waals surface area contributed by atoms with E-state index in [1.165, 1.54) is 19.3 Å². The van der Waals surface area contributed by atoms with Crippen LogP contribution in [0.15, 0.2) is 72.8 Å². The Morgan fingerprint density at radius 3 is 2.57 bits per heavy atom. The van der Waals surface area contributed by atoms with E-state index in [-0.39, 0.29) is 5.91 Å². The summed E-state index contributed by atoms with van der Waals surface area (Å²) >= 11 is 5.94. The van der Waals surface area contributed by atoms with E-state index in [1.807, 2.05) is 54.6 Å². The van der Waals surface area contributed by atoms with Crippen LogP contribution in [-0.2, 0) is 13.2 Å². The molecule has 1 aromatic heterocycles. The average Bonchev–Trinajstić information content (AvgIpc) is 3.24. The number of benzene rings is 3. The molecule has 0 saturated carbocycles. The number of nitrogens with one attached hydrogen (secondary N) is 1. The van der Waals surface area contributed by atoms with Gasteiger partial charge in [-0.05, 0) is 80.0 Å². The number of aromatic nitrogens is 2. The van der Waals surface area contributed by atoms with Gasteiger partial charge in [0.2, 0.25) is 5.95 Å². The molecular weight excluding hydrogens is 460 g/mol. The summed E-state index contributed by atoms with van der Waals surface area (Å²) in [5.74, 6) is 1.12. The lowest BCUT2D eigenvalue weighted by Gasteiger charge is -2.26. The van der Waals surface area contributed by atoms with Gasteiger partial charge in [-0.2, -0.15) is 0 Å². The number of rotatable bonds is 8. The summed E-state index contributed by atoms with van der Waals surface area (Å²) in [6.45, 7) is 4.36. The molecule has 0 spiro atoms. The van der Waals surface area contributed by atoms with Crippen LogP contribution in [0.4, 0.5) is 5.95 Å². The number of nitrogens with zero attached hydrogens (tertiary/aromatic N) is 3. The number of anilines is 1. The molecule has 0 unspecified atom stereocenters. The van der Waals surface area contributed by atoms with Crippen molar-refractivity contribution in [2.24, 2.45) is 0 Å². The molecule has 0 aliphatic carbocycles. The molecule has 4 aromatic rings. The Morgan fingerprint density at radius 1 is 0.943 bits per heavy atom. The van der Waals surface area contributed by atoms with Crippen molar-refractivity contribution in [2.45, 2.75) is 32.4 Å². The molecule has 3 aromatic carbocycles. The standard InChI is InChI=1S/C28H29ClN4O2/c29-23-11-13-24(14-12-23)35-20-21-7-6-8-22(19-21)27(34)31-28-30-25-9-2-3-10-26(25)33(28)18-17-32-15-4-1-5-16-32/h2-3,6-14,19H,1,4-5,15-18,20H2,(H,30,31,34). The zero-order valence-electron chi connectivity index (χ0n) is 19.6. The zero-order chi connectivity index (χ0) is 24.0. The Morgan fingerprint density at radius 2 is 1.74 bits per heavy atom. The molecule has 0 bridgehead atoms. The Hall–Kier alpha value is -3.35. The van der Waals surface area contributed by atoms with Gasteiger partial charge in [0.25, 0.3) is 5.91 Å². The van der Waals surface area contributed by atoms with Gasteiger partial charge in [-0.1, -0.05) is 42.3 Å². The number of piperidine rings is 1. The first-order valence-corrected chi connectivity index (χ1v) is 12.5. The van der Waals surface area contributed by atoms with Crippen LogP contribution >= 0.6 is 11.6 Å². The lowest BCUT2D eigenvalue weighted by atomic mass is 10.1. The van der Waals surface area contributed by atoms with E-state index < -0.39 is 0 Å². The Labute approximate surface area is 210 Å². The molecule has 6 nitrogen and oxygen atoms in total. The Balaban J connectivity index is 1.30. The van der Waals surface area contributed by atoms with Crippen LogP contribution in [0.5, 0.6) is 5.75 Å². The van der Waals surface area contributed by atoms with Crippen molar-refractivity contribution in [1.29, 1.82) is 0 Å². The predicted molar refractivity (Wildman–Crippen MR) is 140 cm³/mol. The number of imidazole rings is 1. The summed E-state index contributed by atoms with van der Waals surface area (Å²) in [7, 11) is 0. The third-order valence-corrected chi connectivity index (χ3v) is 6.63. The average molecular weight is 489 g/mol.